The molecule has 26 heavy (non-hydrogen) atoms. The second kappa shape index (κ2) is 7.89. The second-order valence-electron chi connectivity index (χ2n) is 5.36. The number of amides is 2. The standard InChI is InChI=1S/C19H18N4O3/c1-25-15-6-2-4-13(10-15)22-19(24)23-14-5-3-7-16(11-14)26-17-8-9-18(20)21-12-17/h2-12H,1H3,(H2,20,21)(H2,22,23,24). The molecular formula is C19H18N4O3. The molecular weight excluding hydrogens is 332 g/mol. The molecule has 1 heterocycles. The van der Waals surface area contributed by atoms with E-state index in [0.29, 0.717) is 34.4 Å². The molecule has 3 rings (SSSR count). The van der Waals surface area contributed by atoms with Crippen molar-refractivity contribution in [3.8, 4) is 17.2 Å². The van der Waals surface area contributed by atoms with Crippen LogP contribution in [-0.2, 0) is 0 Å². The zero-order valence-electron chi connectivity index (χ0n) is 14.1. The van der Waals surface area contributed by atoms with Crippen LogP contribution in [-0.4, -0.2) is 18.1 Å². The molecule has 4 N–H and O–H groups in total. The second-order valence-corrected chi connectivity index (χ2v) is 5.36. The van der Waals surface area contributed by atoms with Crippen LogP contribution in [0.5, 0.6) is 17.2 Å². The number of nitrogens with zero attached hydrogens (tertiary/aromatic N) is 1. The number of ether oxygens (including phenoxy) is 2. The Hall–Kier alpha value is -3.74. The van der Waals surface area contributed by atoms with Crippen molar-refractivity contribution in [3.63, 3.8) is 0 Å². The Labute approximate surface area is 150 Å². The first kappa shape index (κ1) is 17.1. The Morgan fingerprint density at radius 2 is 1.58 bits per heavy atom. The number of aromatic nitrogens is 1. The van der Waals surface area contributed by atoms with E-state index in [-0.39, 0.29) is 6.03 Å². The quantitative estimate of drug-likeness (QED) is 0.643. The fraction of sp³-hybridized carbons (Fsp3) is 0.0526. The highest BCUT2D eigenvalue weighted by atomic mass is 16.5. The molecule has 0 aliphatic carbocycles. The first-order valence-corrected chi connectivity index (χ1v) is 7.84. The molecule has 1 aromatic heterocycles. The van der Waals surface area contributed by atoms with E-state index in [1.54, 1.807) is 67.8 Å². The van der Waals surface area contributed by atoms with E-state index in [0.717, 1.165) is 0 Å². The van der Waals surface area contributed by atoms with Gasteiger partial charge >= 0.3 is 6.03 Å². The summed E-state index contributed by atoms with van der Waals surface area (Å²) < 4.78 is 10.8. The zero-order chi connectivity index (χ0) is 18.4. The molecule has 0 unspecified atom stereocenters. The van der Waals surface area contributed by atoms with E-state index in [1.807, 2.05) is 0 Å². The van der Waals surface area contributed by atoms with Crippen LogP contribution in [0.3, 0.4) is 0 Å². The molecule has 2 aromatic carbocycles. The summed E-state index contributed by atoms with van der Waals surface area (Å²) in [7, 11) is 1.57. The smallest absolute Gasteiger partial charge is 0.323 e. The highest BCUT2D eigenvalue weighted by molar-refractivity contribution is 5.99. The molecule has 0 saturated carbocycles. The maximum atomic E-state index is 12.2. The van der Waals surface area contributed by atoms with Gasteiger partial charge in [-0.2, -0.15) is 0 Å². The lowest BCUT2D eigenvalue weighted by molar-refractivity contribution is 0.262. The van der Waals surface area contributed by atoms with E-state index < -0.39 is 0 Å². The lowest BCUT2D eigenvalue weighted by atomic mass is 10.3. The van der Waals surface area contributed by atoms with Crippen molar-refractivity contribution >= 4 is 23.2 Å². The minimum absolute atomic E-state index is 0.371. The summed E-state index contributed by atoms with van der Waals surface area (Å²) in [6, 6.07) is 17.1. The van der Waals surface area contributed by atoms with Crippen LogP contribution in [0.15, 0.2) is 66.9 Å². The number of anilines is 3. The van der Waals surface area contributed by atoms with Gasteiger partial charge in [-0.05, 0) is 36.4 Å². The van der Waals surface area contributed by atoms with Gasteiger partial charge in [-0.1, -0.05) is 12.1 Å². The summed E-state index contributed by atoms with van der Waals surface area (Å²) in [4.78, 5) is 16.1. The molecule has 132 valence electrons. The van der Waals surface area contributed by atoms with Gasteiger partial charge in [-0.25, -0.2) is 9.78 Å². The molecule has 0 saturated heterocycles. The number of carbonyl (C=O) groups excluding carboxylic acids is 1. The molecule has 0 aliphatic heterocycles. The third kappa shape index (κ3) is 4.64. The van der Waals surface area contributed by atoms with Gasteiger partial charge in [0.2, 0.25) is 0 Å². The lowest BCUT2D eigenvalue weighted by Crippen LogP contribution is -2.19. The average Bonchev–Trinajstić information content (AvgIpc) is 2.64. The van der Waals surface area contributed by atoms with Gasteiger partial charge in [0.1, 0.15) is 23.1 Å². The van der Waals surface area contributed by atoms with E-state index in [2.05, 4.69) is 15.6 Å². The van der Waals surface area contributed by atoms with Crippen LogP contribution in [0, 0.1) is 0 Å². The number of methoxy groups -OCH3 is 1. The molecule has 0 fully saturated rings. The highest BCUT2D eigenvalue weighted by Gasteiger charge is 2.05. The highest BCUT2D eigenvalue weighted by Crippen LogP contribution is 2.24. The van der Waals surface area contributed by atoms with Crippen molar-refractivity contribution in [1.29, 1.82) is 0 Å². The summed E-state index contributed by atoms with van der Waals surface area (Å²) in [5.41, 5.74) is 6.77. The summed E-state index contributed by atoms with van der Waals surface area (Å²) >= 11 is 0. The SMILES string of the molecule is COc1cccc(NC(=O)Nc2cccc(Oc3ccc(N)nc3)c2)c1. The lowest BCUT2D eigenvalue weighted by Gasteiger charge is -2.10. The number of rotatable bonds is 5. The van der Waals surface area contributed by atoms with E-state index in [4.69, 9.17) is 15.2 Å². The number of hydrogen-bond acceptors (Lipinski definition) is 5. The Morgan fingerprint density at radius 1 is 0.923 bits per heavy atom. The van der Waals surface area contributed by atoms with Crippen molar-refractivity contribution in [3.05, 3.63) is 66.9 Å². The fourth-order valence-electron chi connectivity index (χ4n) is 2.22. The van der Waals surface area contributed by atoms with Gasteiger partial charge in [0.25, 0.3) is 0 Å². The van der Waals surface area contributed by atoms with Crippen LogP contribution < -0.4 is 25.8 Å². The minimum Gasteiger partial charge on any atom is -0.497 e. The van der Waals surface area contributed by atoms with Crippen molar-refractivity contribution in [2.45, 2.75) is 0 Å². The Morgan fingerprint density at radius 3 is 2.19 bits per heavy atom. The Kier molecular flexibility index (Phi) is 5.19. The maximum absolute atomic E-state index is 12.2. The number of carbonyl (C=O) groups is 1. The van der Waals surface area contributed by atoms with Gasteiger partial charge in [-0.3, -0.25) is 0 Å². The largest absolute Gasteiger partial charge is 0.497 e. The Bertz CT molecular complexity index is 897. The third-order valence-corrected chi connectivity index (χ3v) is 3.41. The number of pyridine rings is 1. The number of urea groups is 1. The van der Waals surface area contributed by atoms with Gasteiger partial charge in [0, 0.05) is 23.5 Å². The zero-order valence-corrected chi connectivity index (χ0v) is 14.1. The van der Waals surface area contributed by atoms with Crippen molar-refractivity contribution < 1.29 is 14.3 Å². The molecule has 0 aliphatic rings. The van der Waals surface area contributed by atoms with Gasteiger partial charge in [0.15, 0.2) is 0 Å². The summed E-state index contributed by atoms with van der Waals surface area (Å²) in [5.74, 6) is 2.20. The molecule has 7 heteroatoms. The van der Waals surface area contributed by atoms with Crippen molar-refractivity contribution in [1.82, 2.24) is 4.98 Å². The van der Waals surface area contributed by atoms with Crippen LogP contribution in [0.25, 0.3) is 0 Å². The van der Waals surface area contributed by atoms with Crippen LogP contribution in [0.1, 0.15) is 0 Å². The van der Waals surface area contributed by atoms with Crippen molar-refractivity contribution in [2.24, 2.45) is 0 Å². The van der Waals surface area contributed by atoms with E-state index in [1.165, 1.54) is 6.20 Å². The topological polar surface area (TPSA) is 98.5 Å². The summed E-state index contributed by atoms with van der Waals surface area (Å²) in [5, 5.41) is 5.50. The Balaban J connectivity index is 1.64. The number of hydrogen-bond donors (Lipinski definition) is 3. The maximum Gasteiger partial charge on any atom is 0.323 e. The minimum atomic E-state index is -0.371. The molecule has 7 nitrogen and oxygen atoms in total. The molecule has 2 amide bonds. The monoisotopic (exact) mass is 350 g/mol. The molecule has 0 radical (unpaired) electrons. The predicted molar refractivity (Wildman–Crippen MR) is 101 cm³/mol. The molecule has 3 aromatic rings. The first-order chi connectivity index (χ1) is 12.6. The first-order valence-electron chi connectivity index (χ1n) is 7.84. The third-order valence-electron chi connectivity index (χ3n) is 3.41. The van der Waals surface area contributed by atoms with Crippen molar-refractivity contribution in [2.75, 3.05) is 23.5 Å². The van der Waals surface area contributed by atoms with Gasteiger partial charge in [0.05, 0.1) is 13.3 Å². The predicted octanol–water partition coefficient (Wildman–Crippen LogP) is 4.11. The fourth-order valence-corrected chi connectivity index (χ4v) is 2.22. The average molecular weight is 350 g/mol. The summed E-state index contributed by atoms with van der Waals surface area (Å²) in [6.07, 6.45) is 1.53. The summed E-state index contributed by atoms with van der Waals surface area (Å²) in [6.45, 7) is 0. The number of nitrogen functional groups attached to an aromatic ring is 1. The number of nitrogens with one attached hydrogen (secondary N) is 2. The molecule has 0 spiro atoms. The number of nitrogens with two attached hydrogens (primary N) is 1. The van der Waals surface area contributed by atoms with Crippen LogP contribution in [0.4, 0.5) is 22.0 Å². The van der Waals surface area contributed by atoms with E-state index >= 15 is 0 Å². The van der Waals surface area contributed by atoms with Crippen LogP contribution >= 0.6 is 0 Å². The van der Waals surface area contributed by atoms with E-state index in [9.17, 15) is 4.79 Å². The molecule has 0 atom stereocenters. The van der Waals surface area contributed by atoms with Crippen LogP contribution in [0.2, 0.25) is 0 Å². The normalized spacial score (nSPS) is 10.0. The number of benzene rings is 2. The molecule has 0 bridgehead atoms. The van der Waals surface area contributed by atoms with Gasteiger partial charge < -0.3 is 25.8 Å². The van der Waals surface area contributed by atoms with Gasteiger partial charge in [-0.15, -0.1) is 0 Å².